The van der Waals surface area contributed by atoms with Gasteiger partial charge < -0.3 is 37.9 Å². The number of hydrogen-bond acceptors (Lipinski definition) is 10. The number of hydrogen-bond donors (Lipinski definition) is 0. The van der Waals surface area contributed by atoms with E-state index < -0.39 is 5.97 Å². The SMILES string of the molecule is COC(=O)Cc1c(C)n(CCN(C)C)c2cc(C#N)c(OCCOC(=O)Cc3c(C)n(CCN(C)C)c4ccc(OC)c(C#N)c34)cc12. The zero-order chi connectivity index (χ0) is 35.1. The molecule has 0 saturated carbocycles. The Labute approximate surface area is 281 Å². The molecule has 0 N–H and O–H groups in total. The molecule has 48 heavy (non-hydrogen) atoms. The number of rotatable bonds is 15. The lowest BCUT2D eigenvalue weighted by atomic mass is 10.0. The second-order valence-corrected chi connectivity index (χ2v) is 12.2. The maximum absolute atomic E-state index is 13.2. The molecule has 12 heteroatoms. The van der Waals surface area contributed by atoms with E-state index in [1.807, 2.05) is 48.1 Å². The third-order valence-electron chi connectivity index (χ3n) is 8.60. The molecule has 2 heterocycles. The minimum atomic E-state index is -0.468. The fourth-order valence-corrected chi connectivity index (χ4v) is 6.02. The molecular weight excluding hydrogens is 612 g/mol. The van der Waals surface area contributed by atoms with E-state index in [-0.39, 0.29) is 32.0 Å². The van der Waals surface area contributed by atoms with Gasteiger partial charge in [0.2, 0.25) is 0 Å². The highest BCUT2D eigenvalue weighted by molar-refractivity contribution is 5.95. The summed E-state index contributed by atoms with van der Waals surface area (Å²) in [6, 6.07) is 11.7. The van der Waals surface area contributed by atoms with Crippen molar-refractivity contribution in [1.29, 1.82) is 10.5 Å². The zero-order valence-corrected chi connectivity index (χ0v) is 29.1. The standard InChI is InChI=1S/C36H44N6O6/c1-23-26(19-34(43)46-8)28-18-33(25(21-37)17-31(28)42(23)14-12-40(5)6)47-15-16-48-35(44)20-27-24(2)41(13-11-39(3)4)30-9-10-32(45-7)29(22-38)36(27)30/h9-10,17-18H,11-16,19-20H2,1-8H3. The summed E-state index contributed by atoms with van der Waals surface area (Å²) < 4.78 is 26.2. The molecule has 2 aromatic carbocycles. The summed E-state index contributed by atoms with van der Waals surface area (Å²) >= 11 is 0. The summed E-state index contributed by atoms with van der Waals surface area (Å²) in [6.07, 6.45) is 0.0479. The first-order valence-electron chi connectivity index (χ1n) is 15.7. The Balaban J connectivity index is 1.55. The minimum Gasteiger partial charge on any atom is -0.495 e. The van der Waals surface area contributed by atoms with Crippen LogP contribution in [0.4, 0.5) is 0 Å². The van der Waals surface area contributed by atoms with Gasteiger partial charge in [0.15, 0.2) is 0 Å². The van der Waals surface area contributed by atoms with Gasteiger partial charge in [-0.3, -0.25) is 9.59 Å². The first-order valence-corrected chi connectivity index (χ1v) is 15.7. The van der Waals surface area contributed by atoms with Crippen LogP contribution < -0.4 is 9.47 Å². The number of methoxy groups -OCH3 is 2. The van der Waals surface area contributed by atoms with E-state index in [0.29, 0.717) is 41.1 Å². The van der Waals surface area contributed by atoms with Gasteiger partial charge in [-0.05, 0) is 77.4 Å². The molecule has 4 rings (SSSR count). The van der Waals surface area contributed by atoms with Crippen LogP contribution >= 0.6 is 0 Å². The molecule has 254 valence electrons. The second kappa shape index (κ2) is 15.7. The van der Waals surface area contributed by atoms with Gasteiger partial charge in [-0.15, -0.1) is 0 Å². The van der Waals surface area contributed by atoms with Crippen LogP contribution in [0.5, 0.6) is 11.5 Å². The summed E-state index contributed by atoms with van der Waals surface area (Å²) in [7, 11) is 10.8. The predicted octanol–water partition coefficient (Wildman–Crippen LogP) is 3.97. The molecule has 0 radical (unpaired) electrons. The van der Waals surface area contributed by atoms with E-state index in [9.17, 15) is 20.1 Å². The van der Waals surface area contributed by atoms with Gasteiger partial charge in [0.05, 0.1) is 43.7 Å². The van der Waals surface area contributed by atoms with E-state index >= 15 is 0 Å². The topological polar surface area (TPSA) is 135 Å². The number of nitriles is 2. The Bertz CT molecular complexity index is 1910. The number of benzene rings is 2. The van der Waals surface area contributed by atoms with Gasteiger partial charge in [0.25, 0.3) is 0 Å². The van der Waals surface area contributed by atoms with E-state index in [1.54, 1.807) is 18.2 Å². The Kier molecular flexibility index (Phi) is 11.7. The lowest BCUT2D eigenvalue weighted by Gasteiger charge is -2.14. The molecule has 0 saturated heterocycles. The van der Waals surface area contributed by atoms with Gasteiger partial charge >= 0.3 is 11.9 Å². The van der Waals surface area contributed by atoms with E-state index in [0.717, 1.165) is 52.0 Å². The summed E-state index contributed by atoms with van der Waals surface area (Å²) in [5, 5.41) is 21.5. The second-order valence-electron chi connectivity index (χ2n) is 12.2. The molecule has 0 aliphatic rings. The van der Waals surface area contributed by atoms with Crippen molar-refractivity contribution >= 4 is 33.7 Å². The van der Waals surface area contributed by atoms with E-state index in [1.165, 1.54) is 14.2 Å². The number of aromatic nitrogens is 2. The third kappa shape index (κ3) is 7.57. The summed E-state index contributed by atoms with van der Waals surface area (Å²) in [6.45, 7) is 6.77. The van der Waals surface area contributed by atoms with Crippen LogP contribution in [0, 0.1) is 36.5 Å². The third-order valence-corrected chi connectivity index (χ3v) is 8.60. The molecule has 2 aromatic heterocycles. The quantitative estimate of drug-likeness (QED) is 0.137. The molecule has 0 fully saturated rings. The van der Waals surface area contributed by atoms with Crippen molar-refractivity contribution in [3.63, 3.8) is 0 Å². The number of carbonyl (C=O) groups is 2. The number of nitrogens with zero attached hydrogens (tertiary/aromatic N) is 6. The molecule has 12 nitrogen and oxygen atoms in total. The average molecular weight is 657 g/mol. The van der Waals surface area contributed by atoms with E-state index in [2.05, 4.69) is 31.1 Å². The number of likely N-dealkylation sites (N-methyl/N-ethyl adjacent to an activating group) is 2. The zero-order valence-electron chi connectivity index (χ0n) is 29.1. The highest BCUT2D eigenvalue weighted by Crippen LogP contribution is 2.35. The fraction of sp³-hybridized carbons (Fsp3) is 0.444. The smallest absolute Gasteiger partial charge is 0.310 e. The number of fused-ring (bicyclic) bond motifs is 2. The van der Waals surface area contributed by atoms with Crippen LogP contribution in [-0.2, 0) is 45.0 Å². The van der Waals surface area contributed by atoms with Crippen LogP contribution in [0.2, 0.25) is 0 Å². The molecule has 0 aliphatic heterocycles. The molecule has 0 unspecified atom stereocenters. The fourth-order valence-electron chi connectivity index (χ4n) is 6.02. The van der Waals surface area contributed by atoms with Gasteiger partial charge in [-0.1, -0.05) is 0 Å². The van der Waals surface area contributed by atoms with Crippen LogP contribution in [0.1, 0.15) is 33.6 Å². The van der Waals surface area contributed by atoms with Gasteiger partial charge in [-0.2, -0.15) is 10.5 Å². The van der Waals surface area contributed by atoms with Crippen LogP contribution in [-0.4, -0.2) is 99.6 Å². The van der Waals surface area contributed by atoms with Crippen LogP contribution in [0.3, 0.4) is 0 Å². The van der Waals surface area contributed by atoms with Crippen molar-refractivity contribution in [3.8, 4) is 23.6 Å². The van der Waals surface area contributed by atoms with Crippen LogP contribution in [0.15, 0.2) is 24.3 Å². The summed E-state index contributed by atoms with van der Waals surface area (Å²) in [5.41, 5.74) is 5.73. The normalized spacial score (nSPS) is 11.2. The Morgan fingerprint density at radius 3 is 2.00 bits per heavy atom. The van der Waals surface area contributed by atoms with Crippen LogP contribution in [0.25, 0.3) is 21.8 Å². The molecule has 4 aromatic rings. The van der Waals surface area contributed by atoms with Gasteiger partial charge in [-0.25, -0.2) is 0 Å². The molecule has 0 aliphatic carbocycles. The predicted molar refractivity (Wildman–Crippen MR) is 182 cm³/mol. The molecule has 0 atom stereocenters. The maximum Gasteiger partial charge on any atom is 0.310 e. The first-order chi connectivity index (χ1) is 22.9. The van der Waals surface area contributed by atoms with Crippen molar-refractivity contribution in [2.45, 2.75) is 39.8 Å². The highest BCUT2D eigenvalue weighted by Gasteiger charge is 2.23. The molecular formula is C36H44N6O6. The lowest BCUT2D eigenvalue weighted by molar-refractivity contribution is -0.143. The Morgan fingerprint density at radius 2 is 1.42 bits per heavy atom. The van der Waals surface area contributed by atoms with Crippen molar-refractivity contribution in [2.24, 2.45) is 0 Å². The number of carbonyl (C=O) groups excluding carboxylic acids is 2. The first kappa shape index (κ1) is 35.8. The summed E-state index contributed by atoms with van der Waals surface area (Å²) in [5.74, 6) is -0.0478. The van der Waals surface area contributed by atoms with Crippen molar-refractivity contribution in [3.05, 3.63) is 57.9 Å². The largest absolute Gasteiger partial charge is 0.495 e. The summed E-state index contributed by atoms with van der Waals surface area (Å²) in [4.78, 5) is 29.6. The maximum atomic E-state index is 13.2. The van der Waals surface area contributed by atoms with E-state index in [4.69, 9.17) is 18.9 Å². The molecule has 0 amide bonds. The lowest BCUT2D eigenvalue weighted by Crippen LogP contribution is -2.19. The Hall–Kier alpha value is -5.04. The van der Waals surface area contributed by atoms with Crippen molar-refractivity contribution in [1.82, 2.24) is 18.9 Å². The average Bonchev–Trinajstić information content (AvgIpc) is 3.47. The molecule has 0 spiro atoms. The molecule has 0 bridgehead atoms. The van der Waals surface area contributed by atoms with Gasteiger partial charge in [0, 0.05) is 48.3 Å². The minimum absolute atomic E-state index is 0.0133. The van der Waals surface area contributed by atoms with Crippen molar-refractivity contribution < 1.29 is 28.5 Å². The number of esters is 2. The number of ether oxygens (including phenoxy) is 4. The highest BCUT2D eigenvalue weighted by atomic mass is 16.6. The monoisotopic (exact) mass is 656 g/mol. The Morgan fingerprint density at radius 1 is 0.792 bits per heavy atom. The van der Waals surface area contributed by atoms with Crippen molar-refractivity contribution in [2.75, 3.05) is 68.7 Å². The van der Waals surface area contributed by atoms with Gasteiger partial charge in [0.1, 0.15) is 42.4 Å².